The van der Waals surface area contributed by atoms with Gasteiger partial charge in [-0.05, 0) is 50.0 Å². The van der Waals surface area contributed by atoms with Gasteiger partial charge in [0.25, 0.3) is 0 Å². The summed E-state index contributed by atoms with van der Waals surface area (Å²) in [5.41, 5.74) is 2.76. The van der Waals surface area contributed by atoms with E-state index in [9.17, 15) is 9.18 Å². The molecule has 1 spiro atoms. The van der Waals surface area contributed by atoms with Crippen molar-refractivity contribution in [2.75, 3.05) is 26.2 Å². The lowest BCUT2D eigenvalue weighted by Crippen LogP contribution is -2.44. The monoisotopic (exact) mass is 413 g/mol. The van der Waals surface area contributed by atoms with Crippen LogP contribution in [0, 0.1) is 5.82 Å². The van der Waals surface area contributed by atoms with Crippen LogP contribution in [0.3, 0.4) is 0 Å². The van der Waals surface area contributed by atoms with E-state index in [4.69, 9.17) is 14.6 Å². The number of ether oxygens (including phenoxy) is 2. The third-order valence-corrected chi connectivity index (χ3v) is 6.46. The van der Waals surface area contributed by atoms with Gasteiger partial charge in [-0.15, -0.1) is 0 Å². The molecule has 4 rings (SSSR count). The van der Waals surface area contributed by atoms with Crippen molar-refractivity contribution in [3.63, 3.8) is 0 Å². The lowest BCUT2D eigenvalue weighted by Gasteiger charge is -2.38. The highest BCUT2D eigenvalue weighted by Crippen LogP contribution is 2.46. The molecule has 1 fully saturated rings. The fourth-order valence-corrected chi connectivity index (χ4v) is 4.57. The Balaban J connectivity index is 1.42. The minimum Gasteiger partial charge on any atom is -0.492 e. The molecule has 0 amide bonds. The average molecular weight is 413 g/mol. The van der Waals surface area contributed by atoms with E-state index >= 15 is 0 Å². The van der Waals surface area contributed by atoms with Gasteiger partial charge >= 0.3 is 5.97 Å². The number of hydrogen-bond acceptors (Lipinski definition) is 4. The molecule has 6 heteroatoms. The normalized spacial score (nSPS) is 17.5. The maximum atomic E-state index is 14.2. The fourth-order valence-electron chi connectivity index (χ4n) is 4.57. The third-order valence-electron chi connectivity index (χ3n) is 6.46. The second kappa shape index (κ2) is 8.64. The zero-order valence-corrected chi connectivity index (χ0v) is 17.3. The van der Waals surface area contributed by atoms with Crippen molar-refractivity contribution in [1.29, 1.82) is 0 Å². The van der Waals surface area contributed by atoms with Crippen LogP contribution in [-0.4, -0.2) is 42.2 Å². The lowest BCUT2D eigenvalue weighted by molar-refractivity contribution is -0.137. The molecule has 30 heavy (non-hydrogen) atoms. The first-order valence-electron chi connectivity index (χ1n) is 10.6. The van der Waals surface area contributed by atoms with Gasteiger partial charge in [-0.2, -0.15) is 0 Å². The Bertz CT molecular complexity index is 921. The molecule has 2 aliphatic heterocycles. The summed E-state index contributed by atoms with van der Waals surface area (Å²) in [5.74, 6) is 0.532. The predicted octanol–water partition coefficient (Wildman–Crippen LogP) is 4.17. The largest absolute Gasteiger partial charge is 0.492 e. The predicted molar refractivity (Wildman–Crippen MR) is 112 cm³/mol. The summed E-state index contributed by atoms with van der Waals surface area (Å²) >= 11 is 0. The smallest absolute Gasteiger partial charge is 0.304 e. The third kappa shape index (κ3) is 4.15. The highest BCUT2D eigenvalue weighted by molar-refractivity contribution is 5.66. The molecule has 2 heterocycles. The van der Waals surface area contributed by atoms with Crippen LogP contribution in [0.1, 0.15) is 42.9 Å². The number of rotatable bonds is 7. The minimum absolute atomic E-state index is 0.00545. The van der Waals surface area contributed by atoms with Crippen LogP contribution >= 0.6 is 0 Å². The van der Waals surface area contributed by atoms with Gasteiger partial charge in [0.1, 0.15) is 23.9 Å². The van der Waals surface area contributed by atoms with Gasteiger partial charge in [-0.1, -0.05) is 25.1 Å². The van der Waals surface area contributed by atoms with Gasteiger partial charge in [0.2, 0.25) is 0 Å². The molecule has 0 bridgehead atoms. The molecule has 5 nitrogen and oxygen atoms in total. The summed E-state index contributed by atoms with van der Waals surface area (Å²) in [6, 6.07) is 11.1. The highest BCUT2D eigenvalue weighted by Gasteiger charge is 2.43. The van der Waals surface area contributed by atoms with E-state index in [1.165, 1.54) is 11.6 Å². The maximum Gasteiger partial charge on any atom is 0.304 e. The second-order valence-corrected chi connectivity index (χ2v) is 8.23. The van der Waals surface area contributed by atoms with Gasteiger partial charge in [0, 0.05) is 29.2 Å². The Kier molecular flexibility index (Phi) is 5.95. The van der Waals surface area contributed by atoms with Gasteiger partial charge in [0.15, 0.2) is 0 Å². The van der Waals surface area contributed by atoms with Gasteiger partial charge in [-0.25, -0.2) is 4.39 Å². The van der Waals surface area contributed by atoms with Crippen molar-refractivity contribution in [1.82, 2.24) is 4.90 Å². The number of piperidine rings is 1. The summed E-state index contributed by atoms with van der Waals surface area (Å²) in [4.78, 5) is 13.0. The molecule has 160 valence electrons. The number of nitrogens with zero attached hydrogens (tertiary/aromatic N) is 1. The molecule has 1 N–H and O–H groups in total. The van der Waals surface area contributed by atoms with Gasteiger partial charge < -0.3 is 19.5 Å². The number of hydrogen-bond donors (Lipinski definition) is 1. The SMILES string of the molecule is CCc1cccc(F)c1COc1ccc2c(c1)OCC21CCN(CCC(=O)O)CC1. The molecule has 2 aromatic rings. The molecule has 0 aliphatic carbocycles. The molecule has 0 radical (unpaired) electrons. The Labute approximate surface area is 176 Å². The van der Waals surface area contributed by atoms with Crippen LogP contribution in [0.25, 0.3) is 0 Å². The van der Waals surface area contributed by atoms with E-state index in [0.29, 0.717) is 24.5 Å². The van der Waals surface area contributed by atoms with Crippen molar-refractivity contribution in [2.45, 2.75) is 44.6 Å². The number of benzene rings is 2. The van der Waals surface area contributed by atoms with E-state index in [0.717, 1.165) is 43.7 Å². The Morgan fingerprint density at radius 3 is 2.80 bits per heavy atom. The molecule has 2 aliphatic rings. The summed E-state index contributed by atoms with van der Waals surface area (Å²) in [6.07, 6.45) is 2.85. The topological polar surface area (TPSA) is 59.0 Å². The van der Waals surface area contributed by atoms with E-state index < -0.39 is 5.97 Å². The number of carboxylic acids is 1. The molecule has 1 saturated heterocycles. The maximum absolute atomic E-state index is 14.2. The van der Waals surface area contributed by atoms with Crippen molar-refractivity contribution in [2.24, 2.45) is 0 Å². The van der Waals surface area contributed by atoms with E-state index in [-0.39, 0.29) is 24.3 Å². The Hall–Kier alpha value is -2.60. The molecule has 0 aromatic heterocycles. The number of likely N-dealkylation sites (tertiary alicyclic amines) is 1. The first-order valence-corrected chi connectivity index (χ1v) is 10.6. The highest BCUT2D eigenvalue weighted by atomic mass is 19.1. The summed E-state index contributed by atoms with van der Waals surface area (Å²) in [5, 5.41) is 8.89. The molecular formula is C24H28FNO4. The molecular weight excluding hydrogens is 385 g/mol. The van der Waals surface area contributed by atoms with Crippen LogP contribution < -0.4 is 9.47 Å². The standard InChI is InChI=1S/C24H28FNO4/c1-2-17-4-3-5-21(25)19(17)15-29-18-6-7-20-22(14-18)30-16-24(20)9-12-26(13-10-24)11-8-23(27)28/h3-7,14H,2,8-13,15-16H2,1H3,(H,27,28). The number of aryl methyl sites for hydroxylation is 1. The van der Waals surface area contributed by atoms with Crippen molar-refractivity contribution in [3.05, 3.63) is 58.9 Å². The quantitative estimate of drug-likeness (QED) is 0.738. The molecule has 2 aromatic carbocycles. The first kappa shape index (κ1) is 20.7. The van der Waals surface area contributed by atoms with E-state index in [2.05, 4.69) is 11.0 Å². The summed E-state index contributed by atoms with van der Waals surface area (Å²) < 4.78 is 26.1. The van der Waals surface area contributed by atoms with E-state index in [1.807, 2.05) is 25.1 Å². The summed E-state index contributed by atoms with van der Waals surface area (Å²) in [6.45, 7) is 5.20. The number of halogens is 1. The number of fused-ring (bicyclic) bond motifs is 2. The van der Waals surface area contributed by atoms with Crippen LogP contribution in [0.4, 0.5) is 4.39 Å². The number of aliphatic carboxylic acids is 1. The lowest BCUT2D eigenvalue weighted by atomic mass is 9.74. The fraction of sp³-hybridized carbons (Fsp3) is 0.458. The summed E-state index contributed by atoms with van der Waals surface area (Å²) in [7, 11) is 0. The number of carbonyl (C=O) groups is 1. The first-order chi connectivity index (χ1) is 14.5. The van der Waals surface area contributed by atoms with Crippen LogP contribution in [0.15, 0.2) is 36.4 Å². The second-order valence-electron chi connectivity index (χ2n) is 8.23. The molecule has 0 atom stereocenters. The molecule has 0 saturated carbocycles. The average Bonchev–Trinajstić information content (AvgIpc) is 3.09. The Morgan fingerprint density at radius 1 is 1.27 bits per heavy atom. The Morgan fingerprint density at radius 2 is 2.07 bits per heavy atom. The zero-order valence-electron chi connectivity index (χ0n) is 17.3. The molecule has 0 unspecified atom stereocenters. The van der Waals surface area contributed by atoms with Crippen molar-refractivity contribution >= 4 is 5.97 Å². The van der Waals surface area contributed by atoms with E-state index in [1.54, 1.807) is 6.07 Å². The van der Waals surface area contributed by atoms with Crippen molar-refractivity contribution in [3.8, 4) is 11.5 Å². The minimum atomic E-state index is -0.751. The van der Waals surface area contributed by atoms with Crippen LogP contribution in [-0.2, 0) is 23.2 Å². The number of carboxylic acid groups (broad SMARTS) is 1. The zero-order chi connectivity index (χ0) is 21.1. The van der Waals surface area contributed by atoms with Crippen LogP contribution in [0.5, 0.6) is 11.5 Å². The van der Waals surface area contributed by atoms with Crippen molar-refractivity contribution < 1.29 is 23.8 Å². The van der Waals surface area contributed by atoms with Crippen LogP contribution in [0.2, 0.25) is 0 Å². The van der Waals surface area contributed by atoms with Gasteiger partial charge in [-0.3, -0.25) is 4.79 Å². The van der Waals surface area contributed by atoms with Gasteiger partial charge in [0.05, 0.1) is 13.0 Å².